The van der Waals surface area contributed by atoms with E-state index in [0.717, 1.165) is 48.4 Å². The molecule has 1 atom stereocenters. The minimum absolute atomic E-state index is 0.0125. The first-order valence-corrected chi connectivity index (χ1v) is 8.97. The average molecular weight is 352 g/mol. The standard InChI is InChI=1S/C20H21FN4O/c1-14-12-19-22-10-9-18(25(19)23-14)17-4-2-3-11-24(17)20(26)13-15-5-7-16(21)8-6-15/h5-10,12,17H,2-4,11,13H2,1H3/t17-/m0/s1. The van der Waals surface area contributed by atoms with Crippen LogP contribution in [0.4, 0.5) is 4.39 Å². The molecule has 0 bridgehead atoms. The third-order valence-corrected chi connectivity index (χ3v) is 4.94. The lowest BCUT2D eigenvalue weighted by Crippen LogP contribution is -2.40. The van der Waals surface area contributed by atoms with Gasteiger partial charge in [-0.3, -0.25) is 4.79 Å². The maximum atomic E-state index is 13.1. The van der Waals surface area contributed by atoms with Gasteiger partial charge in [0, 0.05) is 18.8 Å². The van der Waals surface area contributed by atoms with Crippen LogP contribution in [-0.4, -0.2) is 31.9 Å². The number of hydrogen-bond donors (Lipinski definition) is 0. The molecule has 2 aromatic heterocycles. The van der Waals surface area contributed by atoms with Crippen LogP contribution >= 0.6 is 0 Å². The van der Waals surface area contributed by atoms with E-state index in [1.165, 1.54) is 12.1 Å². The molecule has 0 N–H and O–H groups in total. The number of hydrogen-bond acceptors (Lipinski definition) is 3. The number of piperidine rings is 1. The molecule has 1 fully saturated rings. The molecular weight excluding hydrogens is 331 g/mol. The molecule has 0 aliphatic carbocycles. The zero-order valence-electron chi connectivity index (χ0n) is 14.7. The Labute approximate surface area is 151 Å². The first kappa shape index (κ1) is 16.7. The molecule has 0 saturated carbocycles. The maximum absolute atomic E-state index is 13.1. The quantitative estimate of drug-likeness (QED) is 0.725. The monoisotopic (exact) mass is 352 g/mol. The largest absolute Gasteiger partial charge is 0.334 e. The molecule has 3 aromatic rings. The molecule has 26 heavy (non-hydrogen) atoms. The summed E-state index contributed by atoms with van der Waals surface area (Å²) < 4.78 is 15.0. The van der Waals surface area contributed by atoms with Crippen LogP contribution in [-0.2, 0) is 11.2 Å². The van der Waals surface area contributed by atoms with Crippen molar-refractivity contribution >= 4 is 11.6 Å². The Balaban J connectivity index is 1.63. The molecule has 1 aliphatic rings. The predicted octanol–water partition coefficient (Wildman–Crippen LogP) is 3.47. The topological polar surface area (TPSA) is 50.5 Å². The molecule has 1 aromatic carbocycles. The van der Waals surface area contributed by atoms with Crippen LogP contribution in [0.25, 0.3) is 5.65 Å². The van der Waals surface area contributed by atoms with Crippen molar-refractivity contribution in [3.63, 3.8) is 0 Å². The van der Waals surface area contributed by atoms with E-state index in [4.69, 9.17) is 0 Å². The minimum atomic E-state index is -0.287. The van der Waals surface area contributed by atoms with E-state index < -0.39 is 0 Å². The SMILES string of the molecule is Cc1cc2nccc([C@@H]3CCCCN3C(=O)Cc3ccc(F)cc3)n2n1. The molecule has 5 nitrogen and oxygen atoms in total. The molecule has 0 radical (unpaired) electrons. The molecule has 0 spiro atoms. The van der Waals surface area contributed by atoms with Crippen LogP contribution in [0.1, 0.15) is 42.3 Å². The Kier molecular flexibility index (Phi) is 4.41. The summed E-state index contributed by atoms with van der Waals surface area (Å²) in [6.07, 6.45) is 5.05. The van der Waals surface area contributed by atoms with Gasteiger partial charge in [0.1, 0.15) is 5.82 Å². The molecule has 1 aliphatic heterocycles. The van der Waals surface area contributed by atoms with Crippen molar-refractivity contribution < 1.29 is 9.18 Å². The van der Waals surface area contributed by atoms with Crippen LogP contribution in [0, 0.1) is 12.7 Å². The highest BCUT2D eigenvalue weighted by atomic mass is 19.1. The van der Waals surface area contributed by atoms with Crippen molar-refractivity contribution in [1.29, 1.82) is 0 Å². The van der Waals surface area contributed by atoms with E-state index in [0.29, 0.717) is 0 Å². The van der Waals surface area contributed by atoms with Gasteiger partial charge in [-0.05, 0) is 49.9 Å². The number of aromatic nitrogens is 3. The second-order valence-electron chi connectivity index (χ2n) is 6.83. The normalized spacial score (nSPS) is 17.6. The van der Waals surface area contributed by atoms with Gasteiger partial charge < -0.3 is 4.90 Å². The Bertz CT molecular complexity index is 935. The highest BCUT2D eigenvalue weighted by Gasteiger charge is 2.30. The van der Waals surface area contributed by atoms with Gasteiger partial charge in [0.05, 0.1) is 23.9 Å². The first-order chi connectivity index (χ1) is 12.6. The van der Waals surface area contributed by atoms with Crippen molar-refractivity contribution in [3.05, 3.63) is 65.4 Å². The lowest BCUT2D eigenvalue weighted by molar-refractivity contribution is -0.134. The summed E-state index contributed by atoms with van der Waals surface area (Å²) in [5.41, 5.74) is 3.53. The summed E-state index contributed by atoms with van der Waals surface area (Å²) in [7, 11) is 0. The number of amides is 1. The van der Waals surface area contributed by atoms with E-state index in [-0.39, 0.29) is 24.2 Å². The summed E-state index contributed by atoms with van der Waals surface area (Å²) in [5, 5.41) is 4.55. The number of rotatable bonds is 3. The van der Waals surface area contributed by atoms with Crippen LogP contribution < -0.4 is 0 Å². The van der Waals surface area contributed by atoms with E-state index in [2.05, 4.69) is 10.1 Å². The fourth-order valence-corrected chi connectivity index (χ4v) is 3.70. The number of carbonyl (C=O) groups is 1. The summed E-state index contributed by atoms with van der Waals surface area (Å²) in [5.74, 6) is -0.222. The predicted molar refractivity (Wildman–Crippen MR) is 96.1 cm³/mol. The van der Waals surface area contributed by atoms with Gasteiger partial charge in [-0.1, -0.05) is 12.1 Å². The summed E-state index contributed by atoms with van der Waals surface area (Å²) in [6.45, 7) is 2.67. The first-order valence-electron chi connectivity index (χ1n) is 8.97. The van der Waals surface area contributed by atoms with Crippen LogP contribution in [0.5, 0.6) is 0 Å². The molecule has 1 amide bonds. The van der Waals surface area contributed by atoms with Gasteiger partial charge in [0.25, 0.3) is 0 Å². The van der Waals surface area contributed by atoms with Gasteiger partial charge in [-0.15, -0.1) is 0 Å². The molecule has 4 rings (SSSR count). The van der Waals surface area contributed by atoms with E-state index in [9.17, 15) is 9.18 Å². The second kappa shape index (κ2) is 6.86. The van der Waals surface area contributed by atoms with Gasteiger partial charge in [0.2, 0.25) is 5.91 Å². The third kappa shape index (κ3) is 3.19. The Morgan fingerprint density at radius 2 is 2.04 bits per heavy atom. The number of halogens is 1. The molecule has 6 heteroatoms. The molecule has 0 unspecified atom stereocenters. The fourth-order valence-electron chi connectivity index (χ4n) is 3.70. The summed E-state index contributed by atoms with van der Waals surface area (Å²) in [6, 6.07) is 10.0. The number of likely N-dealkylation sites (tertiary alicyclic amines) is 1. The highest BCUT2D eigenvalue weighted by molar-refractivity contribution is 5.79. The van der Waals surface area contributed by atoms with Crippen molar-refractivity contribution in [2.45, 2.75) is 38.6 Å². The van der Waals surface area contributed by atoms with E-state index in [1.54, 1.807) is 18.3 Å². The highest BCUT2D eigenvalue weighted by Crippen LogP contribution is 2.31. The van der Waals surface area contributed by atoms with Crippen molar-refractivity contribution in [2.75, 3.05) is 6.54 Å². The van der Waals surface area contributed by atoms with Crippen molar-refractivity contribution in [1.82, 2.24) is 19.5 Å². The molecular formula is C20H21FN4O. The van der Waals surface area contributed by atoms with Gasteiger partial charge >= 0.3 is 0 Å². The number of aryl methyl sites for hydroxylation is 1. The Morgan fingerprint density at radius 3 is 2.85 bits per heavy atom. The summed E-state index contributed by atoms with van der Waals surface area (Å²) >= 11 is 0. The minimum Gasteiger partial charge on any atom is -0.334 e. The maximum Gasteiger partial charge on any atom is 0.227 e. The zero-order chi connectivity index (χ0) is 18.1. The van der Waals surface area contributed by atoms with Gasteiger partial charge in [0.15, 0.2) is 5.65 Å². The van der Waals surface area contributed by atoms with Gasteiger partial charge in [-0.25, -0.2) is 13.9 Å². The lowest BCUT2D eigenvalue weighted by atomic mass is 9.98. The lowest BCUT2D eigenvalue weighted by Gasteiger charge is -2.36. The summed E-state index contributed by atoms with van der Waals surface area (Å²) in [4.78, 5) is 19.3. The third-order valence-electron chi connectivity index (χ3n) is 4.94. The van der Waals surface area contributed by atoms with Crippen molar-refractivity contribution in [3.8, 4) is 0 Å². The average Bonchev–Trinajstić information content (AvgIpc) is 3.04. The Hall–Kier alpha value is -2.76. The van der Waals surface area contributed by atoms with Crippen LogP contribution in [0.3, 0.4) is 0 Å². The smallest absolute Gasteiger partial charge is 0.227 e. The van der Waals surface area contributed by atoms with Gasteiger partial charge in [-0.2, -0.15) is 5.10 Å². The second-order valence-corrected chi connectivity index (χ2v) is 6.83. The number of nitrogens with zero attached hydrogens (tertiary/aromatic N) is 4. The van der Waals surface area contributed by atoms with E-state index >= 15 is 0 Å². The van der Waals surface area contributed by atoms with Crippen LogP contribution in [0.2, 0.25) is 0 Å². The van der Waals surface area contributed by atoms with Crippen LogP contribution in [0.15, 0.2) is 42.6 Å². The zero-order valence-corrected chi connectivity index (χ0v) is 14.7. The molecule has 134 valence electrons. The molecule has 3 heterocycles. The van der Waals surface area contributed by atoms with Crippen molar-refractivity contribution in [2.24, 2.45) is 0 Å². The number of carbonyl (C=O) groups excluding carboxylic acids is 1. The molecule has 1 saturated heterocycles. The van der Waals surface area contributed by atoms with E-state index in [1.807, 2.05) is 28.5 Å². The number of benzene rings is 1. The number of fused-ring (bicyclic) bond motifs is 1. The Morgan fingerprint density at radius 1 is 1.23 bits per heavy atom. The fraction of sp³-hybridized carbons (Fsp3) is 0.350.